The molecule has 29 heavy (non-hydrogen) atoms. The second kappa shape index (κ2) is 8.10. The van der Waals surface area contributed by atoms with Crippen LogP contribution in [0, 0.1) is 4.64 Å². The minimum Gasteiger partial charge on any atom is -0.454 e. The quantitative estimate of drug-likeness (QED) is 0.557. The molecule has 8 nitrogen and oxygen atoms in total. The Bertz CT molecular complexity index is 1100. The van der Waals surface area contributed by atoms with Gasteiger partial charge >= 0.3 is 0 Å². The molecule has 10 heteroatoms. The molecule has 0 spiro atoms. The Labute approximate surface area is 174 Å². The van der Waals surface area contributed by atoms with Gasteiger partial charge in [0.05, 0.1) is 10.5 Å². The first kappa shape index (κ1) is 19.2. The van der Waals surface area contributed by atoms with Crippen LogP contribution in [0.3, 0.4) is 0 Å². The van der Waals surface area contributed by atoms with E-state index in [1.165, 1.54) is 0 Å². The summed E-state index contributed by atoms with van der Waals surface area (Å²) in [7, 11) is 0. The zero-order valence-corrected chi connectivity index (χ0v) is 16.6. The normalized spacial score (nSPS) is 16.6. The lowest BCUT2D eigenvalue weighted by Gasteiger charge is -2.13. The molecule has 1 aromatic carbocycles. The van der Waals surface area contributed by atoms with Gasteiger partial charge in [0.15, 0.2) is 11.5 Å². The van der Waals surface area contributed by atoms with Crippen molar-refractivity contribution in [1.82, 2.24) is 15.2 Å². The summed E-state index contributed by atoms with van der Waals surface area (Å²) >= 11 is 5.93. The molecule has 3 heterocycles. The molecule has 1 fully saturated rings. The number of ether oxygens (including phenoxy) is 2. The summed E-state index contributed by atoms with van der Waals surface area (Å²) in [6.45, 7) is 0.352. The number of aromatic nitrogens is 1. The highest BCUT2D eigenvalue weighted by Crippen LogP contribution is 2.36. The maximum atomic E-state index is 12.6. The van der Waals surface area contributed by atoms with E-state index in [-0.39, 0.29) is 31.0 Å². The third-order valence-corrected chi connectivity index (χ3v) is 5.50. The SMILES string of the molecule is O=C(NCCN1C(=O)S/C(=C\c2ccc3c(c2)OCO3)C1=O)c1ccc[nH]c1=S. The largest absolute Gasteiger partial charge is 0.454 e. The van der Waals surface area contributed by atoms with Gasteiger partial charge in [0.25, 0.3) is 17.1 Å². The van der Waals surface area contributed by atoms with Gasteiger partial charge in [-0.2, -0.15) is 0 Å². The van der Waals surface area contributed by atoms with Crippen LogP contribution in [0.1, 0.15) is 15.9 Å². The fourth-order valence-electron chi connectivity index (χ4n) is 2.82. The van der Waals surface area contributed by atoms with Crippen molar-refractivity contribution in [1.29, 1.82) is 0 Å². The van der Waals surface area contributed by atoms with E-state index in [0.29, 0.717) is 26.6 Å². The number of rotatable bonds is 5. The second-order valence-corrected chi connectivity index (χ2v) is 7.52. The Morgan fingerprint density at radius 1 is 1.28 bits per heavy atom. The molecule has 2 aromatic rings. The van der Waals surface area contributed by atoms with E-state index < -0.39 is 5.91 Å². The molecule has 2 aliphatic rings. The molecule has 0 radical (unpaired) electrons. The maximum absolute atomic E-state index is 12.6. The highest BCUT2D eigenvalue weighted by Gasteiger charge is 2.34. The van der Waals surface area contributed by atoms with Crippen molar-refractivity contribution in [3.63, 3.8) is 0 Å². The molecule has 1 aromatic heterocycles. The highest BCUT2D eigenvalue weighted by molar-refractivity contribution is 8.18. The molecule has 0 atom stereocenters. The first-order chi connectivity index (χ1) is 14.0. The third kappa shape index (κ3) is 4.03. The number of carbonyl (C=O) groups excluding carboxylic acids is 3. The van der Waals surface area contributed by atoms with Crippen molar-refractivity contribution in [2.24, 2.45) is 0 Å². The molecule has 0 unspecified atom stereocenters. The summed E-state index contributed by atoms with van der Waals surface area (Å²) in [6.07, 6.45) is 3.26. The number of thioether (sulfide) groups is 1. The van der Waals surface area contributed by atoms with Gasteiger partial charge in [0, 0.05) is 19.3 Å². The van der Waals surface area contributed by atoms with Gasteiger partial charge in [-0.3, -0.25) is 19.3 Å². The monoisotopic (exact) mass is 429 g/mol. The zero-order chi connectivity index (χ0) is 20.4. The number of carbonyl (C=O) groups is 3. The standard InChI is InChI=1S/C19H15N3O5S2/c23-16(12-2-1-5-21-17(12)28)20-6-7-22-18(24)15(29-19(22)25)9-11-3-4-13-14(8-11)27-10-26-13/h1-5,8-9H,6-7,10H2,(H,20,23)(H,21,28)/b15-9-. The summed E-state index contributed by atoms with van der Waals surface area (Å²) in [5, 5.41) is 2.29. The fraction of sp³-hybridized carbons (Fsp3) is 0.158. The minimum absolute atomic E-state index is 0.0677. The van der Waals surface area contributed by atoms with Crippen LogP contribution in [0.25, 0.3) is 6.08 Å². The molecular weight excluding hydrogens is 414 g/mol. The molecule has 148 valence electrons. The van der Waals surface area contributed by atoms with Gasteiger partial charge < -0.3 is 19.8 Å². The number of imide groups is 1. The van der Waals surface area contributed by atoms with Crippen molar-refractivity contribution in [2.45, 2.75) is 0 Å². The smallest absolute Gasteiger partial charge is 0.293 e. The Morgan fingerprint density at radius 3 is 2.93 bits per heavy atom. The average Bonchev–Trinajstić information content (AvgIpc) is 3.27. The number of nitrogens with zero attached hydrogens (tertiary/aromatic N) is 1. The first-order valence-electron chi connectivity index (χ1n) is 8.64. The molecule has 2 aliphatic heterocycles. The number of hydrogen-bond donors (Lipinski definition) is 2. The molecule has 0 bridgehead atoms. The number of amides is 3. The molecule has 0 aliphatic carbocycles. The summed E-state index contributed by atoms with van der Waals surface area (Å²) in [6, 6.07) is 8.55. The van der Waals surface area contributed by atoms with E-state index in [2.05, 4.69) is 10.3 Å². The number of hydrogen-bond acceptors (Lipinski definition) is 7. The maximum Gasteiger partial charge on any atom is 0.293 e. The Kier molecular flexibility index (Phi) is 5.36. The van der Waals surface area contributed by atoms with Crippen molar-refractivity contribution >= 4 is 47.1 Å². The van der Waals surface area contributed by atoms with Crippen LogP contribution in [0.4, 0.5) is 4.79 Å². The first-order valence-corrected chi connectivity index (χ1v) is 9.86. The highest BCUT2D eigenvalue weighted by atomic mass is 32.2. The van der Waals surface area contributed by atoms with Gasteiger partial charge in [-0.15, -0.1) is 0 Å². The number of fused-ring (bicyclic) bond motifs is 1. The van der Waals surface area contributed by atoms with Crippen molar-refractivity contribution in [3.8, 4) is 11.5 Å². The molecule has 2 N–H and O–H groups in total. The lowest BCUT2D eigenvalue weighted by atomic mass is 10.2. The van der Waals surface area contributed by atoms with Gasteiger partial charge in [-0.25, -0.2) is 0 Å². The number of nitrogens with one attached hydrogen (secondary N) is 2. The van der Waals surface area contributed by atoms with Gasteiger partial charge in [0.1, 0.15) is 4.64 Å². The topological polar surface area (TPSA) is 101 Å². The predicted octanol–water partition coefficient (Wildman–Crippen LogP) is 2.94. The second-order valence-electron chi connectivity index (χ2n) is 6.11. The number of H-pyrrole nitrogens is 1. The van der Waals surface area contributed by atoms with Gasteiger partial charge in [0.2, 0.25) is 6.79 Å². The third-order valence-electron chi connectivity index (χ3n) is 4.25. The van der Waals surface area contributed by atoms with E-state index in [4.69, 9.17) is 21.7 Å². The van der Waals surface area contributed by atoms with Crippen LogP contribution in [0.15, 0.2) is 41.4 Å². The summed E-state index contributed by atoms with van der Waals surface area (Å²) in [5.41, 5.74) is 1.06. The number of pyridine rings is 1. The lowest BCUT2D eigenvalue weighted by molar-refractivity contribution is -0.122. The van der Waals surface area contributed by atoms with Crippen molar-refractivity contribution < 1.29 is 23.9 Å². The van der Waals surface area contributed by atoms with E-state index in [1.54, 1.807) is 42.6 Å². The molecule has 4 rings (SSSR count). The summed E-state index contributed by atoms with van der Waals surface area (Å²) < 4.78 is 10.9. The van der Waals surface area contributed by atoms with Crippen molar-refractivity contribution in [2.75, 3.05) is 19.9 Å². The summed E-state index contributed by atoms with van der Waals surface area (Å²) in [4.78, 5) is 41.2. The van der Waals surface area contributed by atoms with Crippen LogP contribution in [-0.2, 0) is 4.79 Å². The Balaban J connectivity index is 1.39. The predicted molar refractivity (Wildman–Crippen MR) is 109 cm³/mol. The van der Waals surface area contributed by atoms with Crippen LogP contribution in [0.2, 0.25) is 0 Å². The number of aromatic amines is 1. The van der Waals surface area contributed by atoms with E-state index in [9.17, 15) is 14.4 Å². The zero-order valence-electron chi connectivity index (χ0n) is 15.0. The number of benzene rings is 1. The van der Waals surface area contributed by atoms with Crippen LogP contribution < -0.4 is 14.8 Å². The molecular formula is C19H15N3O5S2. The minimum atomic E-state index is -0.399. The van der Waals surface area contributed by atoms with E-state index in [1.807, 2.05) is 0 Å². The molecule has 3 amide bonds. The van der Waals surface area contributed by atoms with Gasteiger partial charge in [-0.05, 0) is 47.7 Å². The Morgan fingerprint density at radius 2 is 2.10 bits per heavy atom. The van der Waals surface area contributed by atoms with E-state index >= 15 is 0 Å². The van der Waals surface area contributed by atoms with Crippen LogP contribution in [0.5, 0.6) is 11.5 Å². The Hall–Kier alpha value is -3.11. The average molecular weight is 429 g/mol. The molecule has 1 saturated heterocycles. The van der Waals surface area contributed by atoms with Crippen LogP contribution in [-0.4, -0.2) is 46.8 Å². The molecule has 0 saturated carbocycles. The summed E-state index contributed by atoms with van der Waals surface area (Å²) in [5.74, 6) is 0.475. The lowest BCUT2D eigenvalue weighted by Crippen LogP contribution is -2.37. The van der Waals surface area contributed by atoms with E-state index in [0.717, 1.165) is 22.2 Å². The van der Waals surface area contributed by atoms with Crippen LogP contribution >= 0.6 is 24.0 Å². The van der Waals surface area contributed by atoms with Crippen molar-refractivity contribution in [3.05, 3.63) is 57.2 Å². The van der Waals surface area contributed by atoms with Gasteiger partial charge in [-0.1, -0.05) is 18.3 Å². The fourth-order valence-corrected chi connectivity index (χ4v) is 3.92.